The molecule has 2 aromatic heterocycles. The molecule has 3 atom stereocenters. The number of thiazole rings is 1. The molecule has 0 spiro atoms. The molecule has 1 unspecified atom stereocenters. The zero-order chi connectivity index (χ0) is 28.1. The van der Waals surface area contributed by atoms with E-state index in [9.17, 15) is 13.4 Å². The summed E-state index contributed by atoms with van der Waals surface area (Å²) in [6, 6.07) is 13.1. The second kappa shape index (κ2) is 10.4. The number of carbonyl (C=O) groups is 1. The lowest BCUT2D eigenvalue weighted by Crippen LogP contribution is -2.50. The molecule has 0 amide bonds. The number of nitrogens with zero attached hydrogens (tertiary/aromatic N) is 4. The maximum absolute atomic E-state index is 14.3. The Morgan fingerprint density at radius 3 is 2.67 bits per heavy atom. The van der Waals surface area contributed by atoms with Crippen molar-refractivity contribution in [2.75, 3.05) is 6.54 Å². The maximum Gasteiger partial charge on any atom is 0.201 e. The van der Waals surface area contributed by atoms with Crippen LogP contribution < -0.4 is 0 Å². The van der Waals surface area contributed by atoms with Gasteiger partial charge in [0.05, 0.1) is 32.7 Å². The number of Topliss-reactive ketones (excluding diaryl/α,β-unsaturated/α-hetero) is 1. The fourth-order valence-corrected chi connectivity index (χ4v) is 8.86. The van der Waals surface area contributed by atoms with Gasteiger partial charge in [0.25, 0.3) is 0 Å². The number of rotatable bonds is 7. The Balaban J connectivity index is 1.41. The second-order valence-electron chi connectivity index (χ2n) is 10.3. The first-order valence-electron chi connectivity index (χ1n) is 13.1. The summed E-state index contributed by atoms with van der Waals surface area (Å²) in [5, 5.41) is 7.47. The molecule has 6 nitrogen and oxygen atoms in total. The van der Waals surface area contributed by atoms with Gasteiger partial charge in [-0.3, -0.25) is 4.79 Å². The number of carbonyl (C=O) groups excluding carboxylic acids is 1. The lowest BCUT2D eigenvalue weighted by Gasteiger charge is -2.47. The molecule has 2 aliphatic rings. The third-order valence-corrected chi connectivity index (χ3v) is 11.4. The fraction of sp³-hybridized carbons (Fsp3) is 0.267. The van der Waals surface area contributed by atoms with E-state index in [2.05, 4.69) is 22.0 Å². The summed E-state index contributed by atoms with van der Waals surface area (Å²) in [5.41, 5.74) is 2.78. The van der Waals surface area contributed by atoms with Crippen LogP contribution >= 0.6 is 22.9 Å². The Labute approximate surface area is 242 Å². The van der Waals surface area contributed by atoms with Crippen LogP contribution in [0.2, 0.25) is 5.02 Å². The highest BCUT2D eigenvalue weighted by molar-refractivity contribution is 7.98. The molecule has 6 rings (SSSR count). The SMILES string of the molecule is C=S(=O)(c1ccc(Cl)cc1)N(CC)[C@H]1CCC2=Cc3c(cnn3-c3ccc(F)cc3)C[C@]2(C(=O)c2nccs2)C1. The Bertz CT molecular complexity index is 1700. The molecule has 2 heterocycles. The Morgan fingerprint density at radius 2 is 2.00 bits per heavy atom. The van der Waals surface area contributed by atoms with Gasteiger partial charge in [-0.2, -0.15) is 5.10 Å². The zero-order valence-corrected chi connectivity index (χ0v) is 24.3. The molecule has 40 heavy (non-hydrogen) atoms. The monoisotopic (exact) mass is 594 g/mol. The number of aromatic nitrogens is 3. The minimum atomic E-state index is -2.82. The third-order valence-electron chi connectivity index (χ3n) is 8.05. The van der Waals surface area contributed by atoms with E-state index in [0.717, 1.165) is 28.9 Å². The standard InChI is InChI=1S/C30H28ClFN4O2S2/c1-3-35(40(2,38)26-12-5-22(31)6-13-26)25-9-4-21-16-27-20(19-34-36(27)24-10-7-23(32)8-11-24)17-30(21,18-25)28(37)29-33-14-15-39-29/h5-8,10-16,19,25H,2-4,9,17-18H2,1H3/t25-,30-,40?/m0/s1. The number of hydrogen-bond acceptors (Lipinski definition) is 5. The molecule has 1 saturated carbocycles. The molecule has 206 valence electrons. The lowest BCUT2D eigenvalue weighted by molar-refractivity contribution is 0.0747. The van der Waals surface area contributed by atoms with E-state index in [0.29, 0.717) is 40.7 Å². The normalized spacial score (nSPS) is 21.8. The average molecular weight is 595 g/mol. The van der Waals surface area contributed by atoms with Gasteiger partial charge in [-0.25, -0.2) is 22.6 Å². The van der Waals surface area contributed by atoms with E-state index in [1.165, 1.54) is 23.5 Å². The molecule has 2 aromatic carbocycles. The van der Waals surface area contributed by atoms with Crippen molar-refractivity contribution in [1.29, 1.82) is 0 Å². The van der Waals surface area contributed by atoms with Gasteiger partial charge >= 0.3 is 0 Å². The van der Waals surface area contributed by atoms with Crippen molar-refractivity contribution >= 4 is 50.4 Å². The molecule has 0 aliphatic heterocycles. The number of ketones is 1. The summed E-state index contributed by atoms with van der Waals surface area (Å²) >= 11 is 7.43. The summed E-state index contributed by atoms with van der Waals surface area (Å²) < 4.78 is 31.5. The number of hydrogen-bond donors (Lipinski definition) is 0. The van der Waals surface area contributed by atoms with Gasteiger partial charge in [0.2, 0.25) is 5.78 Å². The van der Waals surface area contributed by atoms with Gasteiger partial charge in [-0.05, 0) is 91.7 Å². The van der Waals surface area contributed by atoms with E-state index in [-0.39, 0.29) is 17.6 Å². The first-order chi connectivity index (χ1) is 19.2. The third kappa shape index (κ3) is 4.55. The van der Waals surface area contributed by atoms with Gasteiger partial charge in [0.15, 0.2) is 5.01 Å². The van der Waals surface area contributed by atoms with Crippen molar-refractivity contribution in [3.63, 3.8) is 0 Å². The smallest absolute Gasteiger partial charge is 0.201 e. The summed E-state index contributed by atoms with van der Waals surface area (Å²) in [4.78, 5) is 19.3. The molecule has 4 aromatic rings. The van der Waals surface area contributed by atoms with E-state index in [1.807, 2.05) is 16.6 Å². The summed E-state index contributed by atoms with van der Waals surface area (Å²) in [6.07, 6.45) is 7.86. The summed E-state index contributed by atoms with van der Waals surface area (Å²) in [5.74, 6) is 3.85. The van der Waals surface area contributed by atoms with Crippen molar-refractivity contribution in [3.05, 3.63) is 99.0 Å². The van der Waals surface area contributed by atoms with Crippen LogP contribution in [0.5, 0.6) is 0 Å². The Kier molecular flexibility index (Phi) is 7.02. The largest absolute Gasteiger partial charge is 0.290 e. The summed E-state index contributed by atoms with van der Waals surface area (Å²) in [7, 11) is -2.82. The number of benzene rings is 2. The maximum atomic E-state index is 14.3. The van der Waals surface area contributed by atoms with E-state index >= 15 is 0 Å². The summed E-state index contributed by atoms with van der Waals surface area (Å²) in [6.45, 7) is 2.50. The van der Waals surface area contributed by atoms with Crippen LogP contribution in [0.4, 0.5) is 4.39 Å². The van der Waals surface area contributed by atoms with Crippen LogP contribution in [0.3, 0.4) is 0 Å². The van der Waals surface area contributed by atoms with Gasteiger partial charge in [-0.15, -0.1) is 11.3 Å². The van der Waals surface area contributed by atoms with Crippen LogP contribution in [-0.2, 0) is 16.1 Å². The van der Waals surface area contributed by atoms with Crippen molar-refractivity contribution in [1.82, 2.24) is 19.1 Å². The van der Waals surface area contributed by atoms with Crippen molar-refractivity contribution in [2.45, 2.75) is 43.5 Å². The van der Waals surface area contributed by atoms with Crippen molar-refractivity contribution in [3.8, 4) is 5.69 Å². The molecular weight excluding hydrogens is 567 g/mol. The van der Waals surface area contributed by atoms with Crippen LogP contribution in [0, 0.1) is 11.2 Å². The fourth-order valence-electron chi connectivity index (χ4n) is 6.15. The lowest BCUT2D eigenvalue weighted by atomic mass is 9.61. The van der Waals surface area contributed by atoms with Gasteiger partial charge in [0.1, 0.15) is 5.82 Å². The zero-order valence-electron chi connectivity index (χ0n) is 21.9. The molecule has 0 radical (unpaired) electrons. The molecule has 0 N–H and O–H groups in total. The minimum Gasteiger partial charge on any atom is -0.290 e. The average Bonchev–Trinajstić information content (AvgIpc) is 3.63. The van der Waals surface area contributed by atoms with Crippen LogP contribution in [0.15, 0.2) is 76.8 Å². The van der Waals surface area contributed by atoms with E-state index < -0.39 is 15.1 Å². The first-order valence-corrected chi connectivity index (χ1v) is 16.0. The second-order valence-corrected chi connectivity index (χ2v) is 13.8. The molecule has 0 bridgehead atoms. The molecule has 1 fully saturated rings. The van der Waals surface area contributed by atoms with Crippen LogP contribution in [-0.4, -0.2) is 47.5 Å². The van der Waals surface area contributed by atoms with Crippen LogP contribution in [0.25, 0.3) is 11.8 Å². The van der Waals surface area contributed by atoms with E-state index in [1.54, 1.807) is 53.5 Å². The topological polar surface area (TPSA) is 68.1 Å². The number of fused-ring (bicyclic) bond motifs is 2. The van der Waals surface area contributed by atoms with Gasteiger partial charge in [-0.1, -0.05) is 24.1 Å². The van der Waals surface area contributed by atoms with Crippen molar-refractivity contribution in [2.24, 2.45) is 5.41 Å². The predicted octanol–water partition coefficient (Wildman–Crippen LogP) is 6.50. The van der Waals surface area contributed by atoms with Gasteiger partial charge in [0, 0.05) is 34.1 Å². The Hall–Kier alpha value is -3.11. The molecule has 2 aliphatic carbocycles. The predicted molar refractivity (Wildman–Crippen MR) is 159 cm³/mol. The molecular formula is C30H28ClFN4O2S2. The highest BCUT2D eigenvalue weighted by atomic mass is 35.5. The highest BCUT2D eigenvalue weighted by Crippen LogP contribution is 2.51. The highest BCUT2D eigenvalue weighted by Gasteiger charge is 2.51. The minimum absolute atomic E-state index is 0.0169. The quantitative estimate of drug-likeness (QED) is 0.181. The van der Waals surface area contributed by atoms with Crippen molar-refractivity contribution < 1.29 is 13.4 Å². The molecule has 10 heteroatoms. The number of allylic oxidation sites excluding steroid dienone is 1. The number of halogens is 2. The van der Waals surface area contributed by atoms with Gasteiger partial charge < -0.3 is 0 Å². The molecule has 0 saturated heterocycles. The van der Waals surface area contributed by atoms with Crippen LogP contribution in [0.1, 0.15) is 47.2 Å². The van der Waals surface area contributed by atoms with E-state index in [4.69, 9.17) is 11.6 Å². The first kappa shape index (κ1) is 27.1. The Morgan fingerprint density at radius 1 is 1.25 bits per heavy atom.